The van der Waals surface area contributed by atoms with E-state index in [1.165, 1.54) is 11.8 Å². The van der Waals surface area contributed by atoms with E-state index in [0.717, 1.165) is 16.4 Å². The van der Waals surface area contributed by atoms with Gasteiger partial charge in [0.1, 0.15) is 10.9 Å². The lowest BCUT2D eigenvalue weighted by Gasteiger charge is -2.01. The number of aromatic nitrogens is 4. The molecule has 78 valence electrons. The van der Waals surface area contributed by atoms with Gasteiger partial charge >= 0.3 is 0 Å². The Bertz CT molecular complexity index is 457. The summed E-state index contributed by atoms with van der Waals surface area (Å²) in [4.78, 5) is 8.32. The van der Waals surface area contributed by atoms with Crippen LogP contribution >= 0.6 is 11.8 Å². The van der Waals surface area contributed by atoms with Gasteiger partial charge in [-0.3, -0.25) is 5.10 Å². The van der Waals surface area contributed by atoms with Crippen molar-refractivity contribution in [3.63, 3.8) is 0 Å². The number of hydrogen-bond donors (Lipinski definition) is 2. The molecule has 0 aliphatic rings. The first-order valence-corrected chi connectivity index (χ1v) is 5.23. The van der Waals surface area contributed by atoms with Gasteiger partial charge in [0.25, 0.3) is 0 Å². The highest BCUT2D eigenvalue weighted by Gasteiger charge is 2.07. The molecular weight excluding hydrogens is 212 g/mol. The Hall–Kier alpha value is -1.40. The Morgan fingerprint density at radius 3 is 3.07 bits per heavy atom. The van der Waals surface area contributed by atoms with Crippen LogP contribution in [0.4, 0.5) is 0 Å². The predicted octanol–water partition coefficient (Wildman–Crippen LogP) is 1.15. The van der Waals surface area contributed by atoms with Gasteiger partial charge in [-0.25, -0.2) is 9.97 Å². The average Bonchev–Trinajstić information content (AvgIpc) is 2.65. The van der Waals surface area contributed by atoms with E-state index in [4.69, 9.17) is 5.11 Å². The van der Waals surface area contributed by atoms with E-state index in [-0.39, 0.29) is 6.61 Å². The molecule has 2 aromatic rings. The lowest BCUT2D eigenvalue weighted by atomic mass is 10.3. The normalized spacial score (nSPS) is 10.5. The molecule has 0 radical (unpaired) electrons. The Morgan fingerprint density at radius 1 is 1.53 bits per heavy atom. The number of nitrogens with one attached hydrogen (secondary N) is 1. The number of rotatable bonds is 3. The fourth-order valence-electron chi connectivity index (χ4n) is 1.09. The predicted molar refractivity (Wildman–Crippen MR) is 55.4 cm³/mol. The first kappa shape index (κ1) is 10.1. The number of aliphatic hydroxyl groups is 1. The lowest BCUT2D eigenvalue weighted by molar-refractivity contribution is 0.278. The minimum atomic E-state index is -0.0282. The Morgan fingerprint density at radius 2 is 2.40 bits per heavy atom. The number of aryl methyl sites for hydroxylation is 1. The second-order valence-electron chi connectivity index (χ2n) is 2.93. The molecule has 5 nitrogen and oxygen atoms in total. The fourth-order valence-corrected chi connectivity index (χ4v) is 1.91. The monoisotopic (exact) mass is 222 g/mol. The summed E-state index contributed by atoms with van der Waals surface area (Å²) in [5.74, 6) is 0.763. The van der Waals surface area contributed by atoms with Gasteiger partial charge in [0.05, 0.1) is 6.61 Å². The minimum absolute atomic E-state index is 0.0282. The van der Waals surface area contributed by atoms with E-state index >= 15 is 0 Å². The topological polar surface area (TPSA) is 74.7 Å². The summed E-state index contributed by atoms with van der Waals surface area (Å²) < 4.78 is 0. The maximum Gasteiger partial charge on any atom is 0.214 e. The number of hydrogen-bond acceptors (Lipinski definition) is 5. The first-order valence-electron chi connectivity index (χ1n) is 4.41. The standard InChI is InChI=1S/C9H10N4OS/c1-6-11-9(13-12-6)15-8-7(5-14)3-2-4-10-8/h2-4,14H,5H2,1H3,(H,11,12,13). The molecule has 0 aromatic carbocycles. The first-order chi connectivity index (χ1) is 7.29. The largest absolute Gasteiger partial charge is 0.392 e. The number of aromatic amines is 1. The third-order valence-corrected chi connectivity index (χ3v) is 2.71. The van der Waals surface area contributed by atoms with Crippen molar-refractivity contribution in [3.05, 3.63) is 29.7 Å². The van der Waals surface area contributed by atoms with Crippen LogP contribution < -0.4 is 0 Å². The van der Waals surface area contributed by atoms with E-state index < -0.39 is 0 Å². The molecule has 6 heteroatoms. The van der Waals surface area contributed by atoms with Crippen LogP contribution in [0.1, 0.15) is 11.4 Å². The average molecular weight is 222 g/mol. The summed E-state index contributed by atoms with van der Waals surface area (Å²) in [6.07, 6.45) is 1.68. The Balaban J connectivity index is 2.23. The number of nitrogens with zero attached hydrogens (tertiary/aromatic N) is 3. The summed E-state index contributed by atoms with van der Waals surface area (Å²) in [5, 5.41) is 17.2. The zero-order chi connectivity index (χ0) is 10.7. The molecule has 2 heterocycles. The molecule has 2 rings (SSSR count). The van der Waals surface area contributed by atoms with Crippen LogP contribution in [0.15, 0.2) is 28.5 Å². The van der Waals surface area contributed by atoms with Crippen LogP contribution in [-0.4, -0.2) is 25.3 Å². The van der Waals surface area contributed by atoms with Crippen LogP contribution in [0.3, 0.4) is 0 Å². The molecule has 2 N–H and O–H groups in total. The van der Waals surface area contributed by atoms with Gasteiger partial charge in [0.15, 0.2) is 0 Å². The zero-order valence-corrected chi connectivity index (χ0v) is 8.95. The molecular formula is C9H10N4OS. The van der Waals surface area contributed by atoms with E-state index in [1.54, 1.807) is 12.3 Å². The van der Waals surface area contributed by atoms with Crippen LogP contribution in [0.2, 0.25) is 0 Å². The second kappa shape index (κ2) is 4.41. The summed E-state index contributed by atoms with van der Waals surface area (Å²) in [7, 11) is 0. The molecule has 2 aromatic heterocycles. The highest BCUT2D eigenvalue weighted by Crippen LogP contribution is 2.25. The van der Waals surface area contributed by atoms with E-state index in [9.17, 15) is 0 Å². The Labute approximate surface area is 91.0 Å². The summed E-state index contributed by atoms with van der Waals surface area (Å²) >= 11 is 1.34. The molecule has 0 amide bonds. The maximum absolute atomic E-state index is 9.10. The van der Waals surface area contributed by atoms with Gasteiger partial charge in [0, 0.05) is 11.8 Å². The quantitative estimate of drug-likeness (QED) is 0.814. The SMILES string of the molecule is Cc1nc(Sc2ncccc2CO)n[nH]1. The van der Waals surface area contributed by atoms with Crippen LogP contribution in [0.5, 0.6) is 0 Å². The minimum Gasteiger partial charge on any atom is -0.392 e. The van der Waals surface area contributed by atoms with Gasteiger partial charge in [-0.1, -0.05) is 6.07 Å². The van der Waals surface area contributed by atoms with Crippen molar-refractivity contribution in [3.8, 4) is 0 Å². The van der Waals surface area contributed by atoms with Crippen molar-refractivity contribution < 1.29 is 5.11 Å². The molecule has 0 saturated carbocycles. The van der Waals surface area contributed by atoms with E-state index in [0.29, 0.717) is 5.16 Å². The van der Waals surface area contributed by atoms with Crippen molar-refractivity contribution in [2.45, 2.75) is 23.7 Å². The molecule has 15 heavy (non-hydrogen) atoms. The van der Waals surface area contributed by atoms with Crippen LogP contribution in [0.25, 0.3) is 0 Å². The Kier molecular flexibility index (Phi) is 2.98. The molecule has 0 aliphatic carbocycles. The van der Waals surface area contributed by atoms with Crippen molar-refractivity contribution >= 4 is 11.8 Å². The number of aliphatic hydroxyl groups excluding tert-OH is 1. The molecule has 0 atom stereocenters. The van der Waals surface area contributed by atoms with Gasteiger partial charge in [-0.2, -0.15) is 0 Å². The highest BCUT2D eigenvalue weighted by atomic mass is 32.2. The fraction of sp³-hybridized carbons (Fsp3) is 0.222. The smallest absolute Gasteiger partial charge is 0.214 e. The van der Waals surface area contributed by atoms with Crippen LogP contribution in [-0.2, 0) is 6.61 Å². The summed E-state index contributed by atoms with van der Waals surface area (Å²) in [6.45, 7) is 1.81. The van der Waals surface area contributed by atoms with Crippen molar-refractivity contribution in [1.82, 2.24) is 20.2 Å². The molecule has 0 spiro atoms. The third-order valence-electron chi connectivity index (χ3n) is 1.78. The van der Waals surface area contributed by atoms with Gasteiger partial charge in [0.2, 0.25) is 5.16 Å². The molecule has 0 aliphatic heterocycles. The molecule has 0 bridgehead atoms. The van der Waals surface area contributed by atoms with Gasteiger partial charge < -0.3 is 5.11 Å². The zero-order valence-electron chi connectivity index (χ0n) is 8.14. The maximum atomic E-state index is 9.10. The van der Waals surface area contributed by atoms with Gasteiger partial charge in [-0.15, -0.1) is 5.10 Å². The number of H-pyrrole nitrogens is 1. The molecule has 0 unspecified atom stereocenters. The van der Waals surface area contributed by atoms with Gasteiger partial charge in [-0.05, 0) is 24.8 Å². The molecule has 0 saturated heterocycles. The summed E-state index contributed by atoms with van der Waals surface area (Å²) in [6, 6.07) is 3.62. The third kappa shape index (κ3) is 2.34. The summed E-state index contributed by atoms with van der Waals surface area (Å²) in [5.41, 5.74) is 0.782. The highest BCUT2D eigenvalue weighted by molar-refractivity contribution is 7.99. The second-order valence-corrected chi connectivity index (χ2v) is 3.89. The van der Waals surface area contributed by atoms with Crippen molar-refractivity contribution in [2.75, 3.05) is 0 Å². The van der Waals surface area contributed by atoms with Crippen molar-refractivity contribution in [1.29, 1.82) is 0 Å². The lowest BCUT2D eigenvalue weighted by Crippen LogP contribution is -1.90. The molecule has 0 fully saturated rings. The van der Waals surface area contributed by atoms with Crippen molar-refractivity contribution in [2.24, 2.45) is 0 Å². The van der Waals surface area contributed by atoms with Crippen LogP contribution in [0, 0.1) is 6.92 Å². The van der Waals surface area contributed by atoms with E-state index in [2.05, 4.69) is 20.2 Å². The van der Waals surface area contributed by atoms with E-state index in [1.807, 2.05) is 13.0 Å². The number of pyridine rings is 1.